The Morgan fingerprint density at radius 3 is 1.94 bits per heavy atom. The summed E-state index contributed by atoms with van der Waals surface area (Å²) in [5.74, 6) is 3.22. The number of sulfonamides is 1. The minimum atomic E-state index is -3.53. The van der Waals surface area contributed by atoms with Gasteiger partial charge >= 0.3 is 0 Å². The lowest BCUT2D eigenvalue weighted by Crippen LogP contribution is -2.49. The Labute approximate surface area is 190 Å². The largest absolute Gasteiger partial charge is 0.494 e. The molecule has 9 nitrogen and oxygen atoms in total. The molecule has 4 rings (SSSR count). The lowest BCUT2D eigenvalue weighted by atomic mass is 10.3. The van der Waals surface area contributed by atoms with E-state index < -0.39 is 10.0 Å². The highest BCUT2D eigenvalue weighted by Gasteiger charge is 2.29. The molecule has 0 spiro atoms. The maximum atomic E-state index is 13.1. The summed E-state index contributed by atoms with van der Waals surface area (Å²) < 4.78 is 33.1. The Morgan fingerprint density at radius 1 is 0.875 bits per heavy atom. The Hall–Kier alpha value is -2.43. The van der Waals surface area contributed by atoms with Gasteiger partial charge in [0.2, 0.25) is 10.0 Å². The van der Waals surface area contributed by atoms with Gasteiger partial charge in [-0.15, -0.1) is 0 Å². The van der Waals surface area contributed by atoms with Gasteiger partial charge in [0, 0.05) is 58.4 Å². The van der Waals surface area contributed by atoms with Crippen LogP contribution in [0.5, 0.6) is 5.75 Å². The molecule has 32 heavy (non-hydrogen) atoms. The van der Waals surface area contributed by atoms with Crippen LogP contribution in [-0.4, -0.2) is 93.6 Å². The second-order valence-electron chi connectivity index (χ2n) is 8.22. The van der Waals surface area contributed by atoms with E-state index >= 15 is 0 Å². The maximum absolute atomic E-state index is 13.1. The summed E-state index contributed by atoms with van der Waals surface area (Å²) in [7, 11) is -1.40. The van der Waals surface area contributed by atoms with E-state index in [4.69, 9.17) is 4.74 Å². The van der Waals surface area contributed by atoms with Crippen molar-refractivity contribution < 1.29 is 13.2 Å². The van der Waals surface area contributed by atoms with Crippen LogP contribution in [0.25, 0.3) is 0 Å². The lowest BCUT2D eigenvalue weighted by molar-refractivity contribution is 0.312. The fourth-order valence-electron chi connectivity index (χ4n) is 4.08. The number of anilines is 2. The molecule has 2 fully saturated rings. The molecular formula is C22H32N6O3S. The summed E-state index contributed by atoms with van der Waals surface area (Å²) in [6, 6.07) is 8.67. The van der Waals surface area contributed by atoms with Crippen LogP contribution < -0.4 is 14.5 Å². The van der Waals surface area contributed by atoms with E-state index in [-0.39, 0.29) is 0 Å². The van der Waals surface area contributed by atoms with Crippen LogP contribution in [-0.2, 0) is 10.0 Å². The molecule has 0 aliphatic carbocycles. The molecule has 2 saturated heterocycles. The number of benzene rings is 1. The molecule has 1 aromatic heterocycles. The number of aromatic nitrogens is 2. The lowest BCUT2D eigenvalue weighted by Gasteiger charge is -2.36. The quantitative estimate of drug-likeness (QED) is 0.641. The number of piperazine rings is 2. The molecule has 174 valence electrons. The van der Waals surface area contributed by atoms with Crippen molar-refractivity contribution in [1.29, 1.82) is 0 Å². The van der Waals surface area contributed by atoms with Crippen LogP contribution in [0.3, 0.4) is 0 Å². The summed E-state index contributed by atoms with van der Waals surface area (Å²) in [6.07, 6.45) is 0. The van der Waals surface area contributed by atoms with Crippen molar-refractivity contribution in [2.45, 2.75) is 18.7 Å². The van der Waals surface area contributed by atoms with Gasteiger partial charge in [-0.2, -0.15) is 4.31 Å². The predicted molar refractivity (Wildman–Crippen MR) is 125 cm³/mol. The van der Waals surface area contributed by atoms with Crippen molar-refractivity contribution in [3.8, 4) is 5.75 Å². The molecule has 0 unspecified atom stereocenters. The van der Waals surface area contributed by atoms with E-state index in [1.807, 2.05) is 19.9 Å². The molecule has 10 heteroatoms. The fraction of sp³-hybridized carbons (Fsp3) is 0.545. The third-order valence-corrected chi connectivity index (χ3v) is 7.89. The Bertz CT molecular complexity index is 1010. The number of rotatable bonds is 6. The van der Waals surface area contributed by atoms with Crippen molar-refractivity contribution in [3.63, 3.8) is 0 Å². The first kappa shape index (κ1) is 22.8. The smallest absolute Gasteiger partial charge is 0.243 e. The number of aryl methyl sites for hydroxylation is 1. The normalized spacial score (nSPS) is 18.7. The number of nitrogens with zero attached hydrogens (tertiary/aromatic N) is 6. The Morgan fingerprint density at radius 2 is 1.41 bits per heavy atom. The van der Waals surface area contributed by atoms with Gasteiger partial charge in [-0.3, -0.25) is 0 Å². The third kappa shape index (κ3) is 4.97. The van der Waals surface area contributed by atoms with Crippen molar-refractivity contribution in [3.05, 3.63) is 36.2 Å². The summed E-state index contributed by atoms with van der Waals surface area (Å²) >= 11 is 0. The molecule has 0 bridgehead atoms. The molecular weight excluding hydrogens is 428 g/mol. The molecule has 0 saturated carbocycles. The second-order valence-corrected chi connectivity index (χ2v) is 10.2. The first-order chi connectivity index (χ1) is 15.4. The maximum Gasteiger partial charge on any atom is 0.243 e. The zero-order valence-electron chi connectivity index (χ0n) is 19.1. The molecule has 3 heterocycles. The highest BCUT2D eigenvalue weighted by Crippen LogP contribution is 2.24. The van der Waals surface area contributed by atoms with E-state index in [1.54, 1.807) is 28.6 Å². The minimum Gasteiger partial charge on any atom is -0.494 e. The summed E-state index contributed by atoms with van der Waals surface area (Å²) in [5, 5.41) is 0. The SMILES string of the molecule is CCOc1ccc(S(=O)(=O)N2CCN(c3cc(N4CCN(C)CC4)nc(C)n3)CC2)cc1. The first-order valence-electron chi connectivity index (χ1n) is 11.1. The van der Waals surface area contributed by atoms with Gasteiger partial charge in [0.05, 0.1) is 11.5 Å². The molecule has 2 aliphatic rings. The Balaban J connectivity index is 1.43. The third-order valence-electron chi connectivity index (χ3n) is 5.97. The molecule has 0 amide bonds. The topological polar surface area (TPSA) is 82.1 Å². The summed E-state index contributed by atoms with van der Waals surface area (Å²) in [6.45, 7) is 10.3. The number of likely N-dealkylation sites (N-methyl/N-ethyl adjacent to an activating group) is 1. The highest BCUT2D eigenvalue weighted by atomic mass is 32.2. The zero-order chi connectivity index (χ0) is 22.7. The van der Waals surface area contributed by atoms with Crippen molar-refractivity contribution >= 4 is 21.7 Å². The molecule has 2 aliphatic heterocycles. The van der Waals surface area contributed by atoms with Crippen LogP contribution in [0.4, 0.5) is 11.6 Å². The molecule has 0 N–H and O–H groups in total. The molecule has 0 atom stereocenters. The first-order valence-corrected chi connectivity index (χ1v) is 12.6. The van der Waals surface area contributed by atoms with Crippen LogP contribution in [0.15, 0.2) is 35.2 Å². The summed E-state index contributed by atoms with van der Waals surface area (Å²) in [5.41, 5.74) is 0. The average molecular weight is 461 g/mol. The summed E-state index contributed by atoms with van der Waals surface area (Å²) in [4.78, 5) is 16.3. The number of ether oxygens (including phenoxy) is 1. The van der Waals surface area contributed by atoms with Crippen molar-refractivity contribution in [2.75, 3.05) is 75.8 Å². The van der Waals surface area contributed by atoms with E-state index in [0.717, 1.165) is 43.6 Å². The van der Waals surface area contributed by atoms with E-state index in [0.29, 0.717) is 43.4 Å². The van der Waals surface area contributed by atoms with E-state index in [1.165, 1.54) is 0 Å². The highest BCUT2D eigenvalue weighted by molar-refractivity contribution is 7.89. The van der Waals surface area contributed by atoms with Gasteiger partial charge < -0.3 is 19.4 Å². The van der Waals surface area contributed by atoms with Gasteiger partial charge in [-0.1, -0.05) is 0 Å². The van der Waals surface area contributed by atoms with Crippen molar-refractivity contribution in [1.82, 2.24) is 19.2 Å². The van der Waals surface area contributed by atoms with Crippen LogP contribution in [0.2, 0.25) is 0 Å². The van der Waals surface area contributed by atoms with Gasteiger partial charge in [-0.25, -0.2) is 18.4 Å². The monoisotopic (exact) mass is 460 g/mol. The predicted octanol–water partition coefficient (Wildman–Crippen LogP) is 1.45. The molecule has 0 radical (unpaired) electrons. The van der Waals surface area contributed by atoms with E-state index in [9.17, 15) is 8.42 Å². The average Bonchev–Trinajstić information content (AvgIpc) is 2.80. The van der Waals surface area contributed by atoms with Gasteiger partial charge in [-0.05, 0) is 45.2 Å². The molecule has 1 aromatic carbocycles. The second kappa shape index (κ2) is 9.60. The van der Waals surface area contributed by atoms with Crippen LogP contribution >= 0.6 is 0 Å². The zero-order valence-corrected chi connectivity index (χ0v) is 19.9. The van der Waals surface area contributed by atoms with Crippen molar-refractivity contribution in [2.24, 2.45) is 0 Å². The standard InChI is InChI=1S/C22H32N6O3S/c1-4-31-19-5-7-20(8-6-19)32(29,30)28-15-13-27(14-16-28)22-17-21(23-18(2)24-22)26-11-9-25(3)10-12-26/h5-8,17H,4,9-16H2,1-3H3. The van der Waals surface area contributed by atoms with Gasteiger partial charge in [0.15, 0.2) is 0 Å². The van der Waals surface area contributed by atoms with Gasteiger partial charge in [0.25, 0.3) is 0 Å². The van der Waals surface area contributed by atoms with Gasteiger partial charge in [0.1, 0.15) is 23.2 Å². The molecule has 2 aromatic rings. The number of hydrogen-bond donors (Lipinski definition) is 0. The number of hydrogen-bond acceptors (Lipinski definition) is 8. The minimum absolute atomic E-state index is 0.296. The fourth-order valence-corrected chi connectivity index (χ4v) is 5.50. The van der Waals surface area contributed by atoms with E-state index in [2.05, 4.69) is 31.7 Å². The van der Waals surface area contributed by atoms with Crippen LogP contribution in [0, 0.1) is 6.92 Å². The van der Waals surface area contributed by atoms with Crippen LogP contribution in [0.1, 0.15) is 12.7 Å². The Kier molecular flexibility index (Phi) is 6.82.